The number of imide groups is 1. The average Bonchev–Trinajstić information content (AvgIpc) is 2.85. The van der Waals surface area contributed by atoms with Crippen LogP contribution >= 0.6 is 0 Å². The maximum Gasteiger partial charge on any atom is 0.261 e. The van der Waals surface area contributed by atoms with Gasteiger partial charge in [0, 0.05) is 12.6 Å². The zero-order valence-corrected chi connectivity index (χ0v) is 16.1. The first-order chi connectivity index (χ1) is 12.8. The van der Waals surface area contributed by atoms with Gasteiger partial charge < -0.3 is 5.32 Å². The summed E-state index contributed by atoms with van der Waals surface area (Å²) in [6.45, 7) is 6.29. The molecule has 27 heavy (non-hydrogen) atoms. The maximum absolute atomic E-state index is 12.6. The first-order valence-corrected chi connectivity index (χ1v) is 9.14. The first-order valence-electron chi connectivity index (χ1n) is 9.14. The van der Waals surface area contributed by atoms with Gasteiger partial charge in [0.25, 0.3) is 17.7 Å². The normalized spacial score (nSPS) is 14.5. The highest BCUT2D eigenvalue weighted by Crippen LogP contribution is 2.23. The molecule has 0 spiro atoms. The van der Waals surface area contributed by atoms with E-state index in [1.807, 2.05) is 19.1 Å². The third-order valence-corrected chi connectivity index (χ3v) is 4.82. The number of benzene rings is 2. The molecule has 2 aromatic carbocycles. The number of nitrogens with one attached hydrogen (secondary N) is 1. The molecule has 140 valence electrons. The van der Waals surface area contributed by atoms with E-state index in [1.165, 1.54) is 18.7 Å². The van der Waals surface area contributed by atoms with Crippen molar-refractivity contribution in [3.8, 4) is 0 Å². The third-order valence-electron chi connectivity index (χ3n) is 4.82. The molecule has 0 bridgehead atoms. The van der Waals surface area contributed by atoms with Gasteiger partial charge in [0.1, 0.15) is 0 Å². The predicted molar refractivity (Wildman–Crippen MR) is 104 cm³/mol. The topological polar surface area (TPSA) is 66.5 Å². The molecule has 1 atom stereocenters. The molecule has 0 radical (unpaired) electrons. The fourth-order valence-corrected chi connectivity index (χ4v) is 3.28. The standard InChI is InChI=1S/C22H24N2O3/c1-13(2)11-15-5-7-16(8-6-15)14(3)23-20(25)17-9-10-18-19(12-17)22(27)24(4)21(18)26/h5-10,12-14H,11H2,1-4H3,(H,23,25). The Hall–Kier alpha value is -2.95. The number of nitrogens with zero attached hydrogens (tertiary/aromatic N) is 1. The minimum Gasteiger partial charge on any atom is -0.346 e. The quantitative estimate of drug-likeness (QED) is 0.825. The molecule has 1 aliphatic rings. The lowest BCUT2D eigenvalue weighted by atomic mass is 9.99. The van der Waals surface area contributed by atoms with Crippen LogP contribution in [0.15, 0.2) is 42.5 Å². The monoisotopic (exact) mass is 364 g/mol. The van der Waals surface area contributed by atoms with Crippen molar-refractivity contribution in [3.05, 3.63) is 70.3 Å². The van der Waals surface area contributed by atoms with E-state index >= 15 is 0 Å². The Morgan fingerprint density at radius 3 is 2.22 bits per heavy atom. The zero-order chi connectivity index (χ0) is 19.7. The van der Waals surface area contributed by atoms with Gasteiger partial charge in [-0.05, 0) is 48.6 Å². The molecule has 1 aliphatic heterocycles. The Labute approximate surface area is 159 Å². The summed E-state index contributed by atoms with van der Waals surface area (Å²) in [5.74, 6) is -0.386. The molecular weight excluding hydrogens is 340 g/mol. The number of fused-ring (bicyclic) bond motifs is 1. The molecule has 1 heterocycles. The van der Waals surface area contributed by atoms with Crippen LogP contribution in [0.2, 0.25) is 0 Å². The van der Waals surface area contributed by atoms with Crippen molar-refractivity contribution in [1.82, 2.24) is 10.2 Å². The number of hydrogen-bond donors (Lipinski definition) is 1. The van der Waals surface area contributed by atoms with Crippen LogP contribution in [0.1, 0.15) is 69.0 Å². The van der Waals surface area contributed by atoms with E-state index in [4.69, 9.17) is 0 Å². The molecule has 1 N–H and O–H groups in total. The zero-order valence-electron chi connectivity index (χ0n) is 16.1. The molecule has 0 saturated heterocycles. The Balaban J connectivity index is 1.72. The van der Waals surface area contributed by atoms with Gasteiger partial charge in [-0.25, -0.2) is 0 Å². The summed E-state index contributed by atoms with van der Waals surface area (Å²) in [4.78, 5) is 37.7. The third kappa shape index (κ3) is 3.77. The Kier molecular flexibility index (Phi) is 5.13. The predicted octanol–water partition coefficient (Wildman–Crippen LogP) is 3.60. The van der Waals surface area contributed by atoms with Crippen LogP contribution in [-0.2, 0) is 6.42 Å². The highest BCUT2D eigenvalue weighted by atomic mass is 16.2. The van der Waals surface area contributed by atoms with Crippen LogP contribution in [-0.4, -0.2) is 29.7 Å². The Morgan fingerprint density at radius 1 is 0.963 bits per heavy atom. The first kappa shape index (κ1) is 18.8. The van der Waals surface area contributed by atoms with Gasteiger partial charge in [-0.3, -0.25) is 19.3 Å². The number of rotatable bonds is 5. The summed E-state index contributed by atoms with van der Waals surface area (Å²) >= 11 is 0. The summed E-state index contributed by atoms with van der Waals surface area (Å²) in [7, 11) is 1.44. The van der Waals surface area contributed by atoms with Crippen LogP contribution in [0, 0.1) is 5.92 Å². The molecule has 0 aromatic heterocycles. The summed E-state index contributed by atoms with van der Waals surface area (Å²) < 4.78 is 0. The molecule has 0 aliphatic carbocycles. The van der Waals surface area contributed by atoms with Crippen LogP contribution in [0.4, 0.5) is 0 Å². The summed E-state index contributed by atoms with van der Waals surface area (Å²) in [6.07, 6.45) is 1.03. The molecule has 5 heteroatoms. The second-order valence-corrected chi connectivity index (χ2v) is 7.46. The van der Waals surface area contributed by atoms with Gasteiger partial charge in [0.05, 0.1) is 17.2 Å². The fourth-order valence-electron chi connectivity index (χ4n) is 3.28. The van der Waals surface area contributed by atoms with Crippen LogP contribution in [0.25, 0.3) is 0 Å². The molecule has 3 amide bonds. The van der Waals surface area contributed by atoms with Crippen molar-refractivity contribution in [2.45, 2.75) is 33.2 Å². The molecule has 0 saturated carbocycles. The van der Waals surface area contributed by atoms with Crippen molar-refractivity contribution < 1.29 is 14.4 Å². The maximum atomic E-state index is 12.6. The number of carbonyl (C=O) groups is 3. The van der Waals surface area contributed by atoms with Gasteiger partial charge >= 0.3 is 0 Å². The lowest BCUT2D eigenvalue weighted by molar-refractivity contribution is 0.0693. The molecule has 3 rings (SSSR count). The largest absolute Gasteiger partial charge is 0.346 e. The number of carbonyl (C=O) groups excluding carboxylic acids is 3. The van der Waals surface area contributed by atoms with Gasteiger partial charge in [0.2, 0.25) is 0 Å². The van der Waals surface area contributed by atoms with Crippen molar-refractivity contribution >= 4 is 17.7 Å². The molecule has 2 aromatic rings. The van der Waals surface area contributed by atoms with Crippen LogP contribution in [0.3, 0.4) is 0 Å². The highest BCUT2D eigenvalue weighted by molar-refractivity contribution is 6.21. The van der Waals surface area contributed by atoms with Crippen LogP contribution in [0.5, 0.6) is 0 Å². The van der Waals surface area contributed by atoms with E-state index in [9.17, 15) is 14.4 Å². The van der Waals surface area contributed by atoms with Crippen molar-refractivity contribution in [2.75, 3.05) is 7.05 Å². The van der Waals surface area contributed by atoms with Crippen molar-refractivity contribution in [3.63, 3.8) is 0 Å². The SMILES string of the molecule is CC(C)Cc1ccc(C(C)NC(=O)c2ccc3c(c2)C(=O)N(C)C3=O)cc1. The lowest BCUT2D eigenvalue weighted by Crippen LogP contribution is -2.27. The number of hydrogen-bond acceptors (Lipinski definition) is 3. The fraction of sp³-hybridized carbons (Fsp3) is 0.318. The highest BCUT2D eigenvalue weighted by Gasteiger charge is 2.33. The van der Waals surface area contributed by atoms with E-state index in [-0.39, 0.29) is 29.3 Å². The minimum atomic E-state index is -0.376. The van der Waals surface area contributed by atoms with Crippen LogP contribution < -0.4 is 5.32 Å². The van der Waals surface area contributed by atoms with E-state index in [1.54, 1.807) is 12.1 Å². The van der Waals surface area contributed by atoms with E-state index < -0.39 is 0 Å². The van der Waals surface area contributed by atoms with E-state index in [2.05, 4.69) is 31.3 Å². The molecular formula is C22H24N2O3. The average molecular weight is 364 g/mol. The molecule has 1 unspecified atom stereocenters. The van der Waals surface area contributed by atoms with Gasteiger partial charge in [-0.1, -0.05) is 38.1 Å². The lowest BCUT2D eigenvalue weighted by Gasteiger charge is -2.15. The minimum absolute atomic E-state index is 0.168. The van der Waals surface area contributed by atoms with Crippen molar-refractivity contribution in [1.29, 1.82) is 0 Å². The number of amides is 3. The van der Waals surface area contributed by atoms with E-state index in [0.717, 1.165) is 16.9 Å². The van der Waals surface area contributed by atoms with E-state index in [0.29, 0.717) is 17.0 Å². The van der Waals surface area contributed by atoms with Gasteiger partial charge in [-0.2, -0.15) is 0 Å². The van der Waals surface area contributed by atoms with Gasteiger partial charge in [0.15, 0.2) is 0 Å². The molecule has 5 nitrogen and oxygen atoms in total. The van der Waals surface area contributed by atoms with Gasteiger partial charge in [-0.15, -0.1) is 0 Å². The Morgan fingerprint density at radius 2 is 1.59 bits per heavy atom. The second kappa shape index (κ2) is 7.35. The summed E-state index contributed by atoms with van der Waals surface area (Å²) in [5, 5.41) is 2.95. The Bertz CT molecular complexity index is 900. The molecule has 0 fully saturated rings. The summed E-state index contributed by atoms with van der Waals surface area (Å²) in [6, 6.07) is 12.7. The van der Waals surface area contributed by atoms with Crippen molar-refractivity contribution in [2.24, 2.45) is 5.92 Å². The second-order valence-electron chi connectivity index (χ2n) is 7.46. The summed E-state index contributed by atoms with van der Waals surface area (Å²) in [5.41, 5.74) is 3.28. The smallest absolute Gasteiger partial charge is 0.261 e.